The van der Waals surface area contributed by atoms with Crippen LogP contribution in [0, 0.1) is 5.92 Å². The second kappa shape index (κ2) is 5.80. The largest absolute Gasteiger partial charge is 0.385 e. The van der Waals surface area contributed by atoms with Crippen LogP contribution in [0.25, 0.3) is 0 Å². The molecule has 1 fully saturated rings. The fourth-order valence-electron chi connectivity index (χ4n) is 1.87. The van der Waals surface area contributed by atoms with Crippen LogP contribution in [0.3, 0.4) is 0 Å². The fourth-order valence-corrected chi connectivity index (χ4v) is 1.87. The van der Waals surface area contributed by atoms with E-state index in [1.807, 2.05) is 20.8 Å². The maximum absolute atomic E-state index is 11.8. The first-order valence-corrected chi connectivity index (χ1v) is 6.28. The molecule has 0 aromatic rings. The Kier molecular flexibility index (Phi) is 4.91. The second-order valence-electron chi connectivity index (χ2n) is 5.00. The Morgan fingerprint density at radius 2 is 2.35 bits per heavy atom. The first kappa shape index (κ1) is 14.4. The van der Waals surface area contributed by atoms with Crippen molar-refractivity contribution < 1.29 is 14.6 Å². The summed E-state index contributed by atoms with van der Waals surface area (Å²) in [6, 6.07) is -0.513. The van der Waals surface area contributed by atoms with Crippen LogP contribution < -0.4 is 11.1 Å². The van der Waals surface area contributed by atoms with Crippen molar-refractivity contribution in [2.24, 2.45) is 11.7 Å². The van der Waals surface area contributed by atoms with Gasteiger partial charge in [0.25, 0.3) is 0 Å². The van der Waals surface area contributed by atoms with Crippen molar-refractivity contribution in [3.8, 4) is 0 Å². The third-order valence-electron chi connectivity index (χ3n) is 3.79. The van der Waals surface area contributed by atoms with E-state index in [0.29, 0.717) is 13.0 Å². The predicted molar refractivity (Wildman–Crippen MR) is 65.4 cm³/mol. The van der Waals surface area contributed by atoms with E-state index in [4.69, 9.17) is 10.5 Å². The number of rotatable bonds is 5. The van der Waals surface area contributed by atoms with Crippen LogP contribution in [0.1, 0.15) is 33.6 Å². The number of hydrogen-bond acceptors (Lipinski definition) is 4. The Labute approximate surface area is 103 Å². The molecule has 100 valence electrons. The highest BCUT2D eigenvalue weighted by atomic mass is 16.5. The zero-order valence-corrected chi connectivity index (χ0v) is 10.9. The molecule has 0 aromatic heterocycles. The highest BCUT2D eigenvalue weighted by Gasteiger charge is 2.40. The Balaban J connectivity index is 2.42. The summed E-state index contributed by atoms with van der Waals surface area (Å²) in [5.41, 5.74) is 4.86. The molecule has 1 saturated heterocycles. The lowest BCUT2D eigenvalue weighted by Crippen LogP contribution is -2.52. The maximum Gasteiger partial charge on any atom is 0.237 e. The molecule has 0 saturated carbocycles. The van der Waals surface area contributed by atoms with E-state index >= 15 is 0 Å². The van der Waals surface area contributed by atoms with Gasteiger partial charge in [-0.25, -0.2) is 0 Å². The summed E-state index contributed by atoms with van der Waals surface area (Å²) in [7, 11) is 0. The van der Waals surface area contributed by atoms with Gasteiger partial charge in [-0.1, -0.05) is 20.3 Å². The molecule has 5 nitrogen and oxygen atoms in total. The molecule has 1 amide bonds. The Bertz CT molecular complexity index is 272. The quantitative estimate of drug-likeness (QED) is 0.636. The van der Waals surface area contributed by atoms with Gasteiger partial charge >= 0.3 is 0 Å². The van der Waals surface area contributed by atoms with Crippen molar-refractivity contribution in [3.05, 3.63) is 0 Å². The lowest BCUT2D eigenvalue weighted by atomic mass is 9.95. The van der Waals surface area contributed by atoms with Crippen LogP contribution in [0.4, 0.5) is 0 Å². The summed E-state index contributed by atoms with van der Waals surface area (Å²) in [5, 5.41) is 12.9. The fraction of sp³-hybridized carbons (Fsp3) is 0.917. The molecule has 2 unspecified atom stereocenters. The molecule has 1 aliphatic heterocycles. The summed E-state index contributed by atoms with van der Waals surface area (Å²) in [6.45, 7) is 6.49. The first-order chi connectivity index (χ1) is 7.90. The third-order valence-corrected chi connectivity index (χ3v) is 3.79. The Morgan fingerprint density at radius 1 is 1.71 bits per heavy atom. The Morgan fingerprint density at radius 3 is 2.82 bits per heavy atom. The van der Waals surface area contributed by atoms with Gasteiger partial charge in [0.15, 0.2) is 0 Å². The zero-order chi connectivity index (χ0) is 13.1. The maximum atomic E-state index is 11.8. The molecule has 0 aromatic carbocycles. The lowest BCUT2D eigenvalue weighted by molar-refractivity contribution is -0.125. The number of amides is 1. The van der Waals surface area contributed by atoms with E-state index in [2.05, 4.69) is 5.32 Å². The molecule has 4 N–H and O–H groups in total. The minimum atomic E-state index is -0.954. The summed E-state index contributed by atoms with van der Waals surface area (Å²) >= 11 is 0. The molecule has 5 heteroatoms. The highest BCUT2D eigenvalue weighted by Crippen LogP contribution is 2.24. The van der Waals surface area contributed by atoms with Gasteiger partial charge in [-0.05, 0) is 12.8 Å². The van der Waals surface area contributed by atoms with Gasteiger partial charge in [-0.2, -0.15) is 0 Å². The molecule has 1 aliphatic rings. The number of carbonyl (C=O) groups excluding carboxylic acids is 1. The van der Waals surface area contributed by atoms with E-state index in [1.165, 1.54) is 0 Å². The summed E-state index contributed by atoms with van der Waals surface area (Å²) in [4.78, 5) is 11.8. The van der Waals surface area contributed by atoms with Crippen molar-refractivity contribution >= 4 is 5.91 Å². The van der Waals surface area contributed by atoms with Crippen molar-refractivity contribution in [3.63, 3.8) is 0 Å². The topological polar surface area (TPSA) is 84.6 Å². The standard InChI is InChI=1S/C12H24N2O3/c1-4-8(2)10(13)11(15)14-7-12(16)5-6-17-9(12)3/h8-10,16H,4-7,13H2,1-3H3,(H,14,15)/t8-,9?,10-,12?/m0/s1. The summed E-state index contributed by atoms with van der Waals surface area (Å²) in [5.74, 6) is -0.0613. The van der Waals surface area contributed by atoms with Gasteiger partial charge in [-0.3, -0.25) is 4.79 Å². The van der Waals surface area contributed by atoms with Gasteiger partial charge in [0.2, 0.25) is 5.91 Å². The minimum Gasteiger partial charge on any atom is -0.385 e. The normalized spacial score (nSPS) is 32.2. The van der Waals surface area contributed by atoms with Crippen LogP contribution in [-0.2, 0) is 9.53 Å². The second-order valence-corrected chi connectivity index (χ2v) is 5.00. The molecule has 1 heterocycles. The van der Waals surface area contributed by atoms with E-state index in [-0.39, 0.29) is 24.5 Å². The molecule has 0 spiro atoms. The van der Waals surface area contributed by atoms with Crippen LogP contribution >= 0.6 is 0 Å². The molecular weight excluding hydrogens is 220 g/mol. The van der Waals surface area contributed by atoms with Crippen molar-refractivity contribution in [2.75, 3.05) is 13.2 Å². The van der Waals surface area contributed by atoms with Gasteiger partial charge in [0, 0.05) is 19.6 Å². The van der Waals surface area contributed by atoms with Crippen LogP contribution in [0.15, 0.2) is 0 Å². The highest BCUT2D eigenvalue weighted by molar-refractivity contribution is 5.81. The molecule has 17 heavy (non-hydrogen) atoms. The summed E-state index contributed by atoms with van der Waals surface area (Å²) in [6.07, 6.45) is 1.16. The number of nitrogens with two attached hydrogens (primary N) is 1. The molecule has 0 aliphatic carbocycles. The van der Waals surface area contributed by atoms with E-state index in [9.17, 15) is 9.90 Å². The van der Waals surface area contributed by atoms with Crippen molar-refractivity contribution in [1.82, 2.24) is 5.32 Å². The average molecular weight is 244 g/mol. The van der Waals surface area contributed by atoms with Crippen molar-refractivity contribution in [2.45, 2.75) is 51.4 Å². The zero-order valence-electron chi connectivity index (χ0n) is 10.9. The monoisotopic (exact) mass is 244 g/mol. The average Bonchev–Trinajstić information content (AvgIpc) is 2.65. The molecule has 0 radical (unpaired) electrons. The van der Waals surface area contributed by atoms with Crippen LogP contribution in [0.5, 0.6) is 0 Å². The van der Waals surface area contributed by atoms with Gasteiger partial charge in [0.05, 0.1) is 12.1 Å². The minimum absolute atomic E-state index is 0.141. The molecule has 1 rings (SSSR count). The molecular formula is C12H24N2O3. The van der Waals surface area contributed by atoms with Crippen LogP contribution in [-0.4, -0.2) is 41.9 Å². The van der Waals surface area contributed by atoms with Crippen LogP contribution in [0.2, 0.25) is 0 Å². The van der Waals surface area contributed by atoms with Crippen molar-refractivity contribution in [1.29, 1.82) is 0 Å². The number of nitrogens with one attached hydrogen (secondary N) is 1. The van der Waals surface area contributed by atoms with E-state index in [0.717, 1.165) is 6.42 Å². The predicted octanol–water partition coefficient (Wildman–Crippen LogP) is 0.0159. The number of aliphatic hydroxyl groups is 1. The SMILES string of the molecule is CC[C@H](C)[C@H](N)C(=O)NCC1(O)CCOC1C. The smallest absolute Gasteiger partial charge is 0.237 e. The number of ether oxygens (including phenoxy) is 1. The lowest BCUT2D eigenvalue weighted by Gasteiger charge is -2.27. The Hall–Kier alpha value is -0.650. The third kappa shape index (κ3) is 3.40. The van der Waals surface area contributed by atoms with Gasteiger partial charge in [-0.15, -0.1) is 0 Å². The molecule has 4 atom stereocenters. The molecule has 0 bridgehead atoms. The van der Waals surface area contributed by atoms with Gasteiger partial charge in [0.1, 0.15) is 5.60 Å². The van der Waals surface area contributed by atoms with Gasteiger partial charge < -0.3 is 20.9 Å². The first-order valence-electron chi connectivity index (χ1n) is 6.28. The summed E-state index contributed by atoms with van der Waals surface area (Å²) < 4.78 is 5.30. The van der Waals surface area contributed by atoms with E-state index in [1.54, 1.807) is 0 Å². The number of hydrogen-bond donors (Lipinski definition) is 3. The number of carbonyl (C=O) groups is 1. The van der Waals surface area contributed by atoms with E-state index < -0.39 is 11.6 Å².